The van der Waals surface area contributed by atoms with Crippen LogP contribution in [0.25, 0.3) is 49.0 Å². The predicted octanol–water partition coefficient (Wildman–Crippen LogP) is 4.55. The van der Waals surface area contributed by atoms with E-state index in [0.717, 1.165) is 0 Å². The molecule has 0 fully saturated rings. The second-order valence-corrected chi connectivity index (χ2v) is 18.4. The molecule has 9 aromatic rings. The average molecular weight is 747 g/mol. The van der Waals surface area contributed by atoms with Crippen molar-refractivity contribution in [3.8, 4) is 5.69 Å². The van der Waals surface area contributed by atoms with E-state index in [2.05, 4.69) is 150 Å². The molecule has 1 nitrogen and oxygen atoms in total. The topological polar surface area (TPSA) is 4.93 Å². The Hall–Kier alpha value is -4.82. The van der Waals surface area contributed by atoms with Gasteiger partial charge < -0.3 is 0 Å². The van der Waals surface area contributed by atoms with Crippen molar-refractivity contribution in [3.63, 3.8) is 0 Å². The van der Waals surface area contributed by atoms with E-state index in [4.69, 9.17) is 0 Å². The van der Waals surface area contributed by atoms with Gasteiger partial charge in [-0.05, 0) is 0 Å². The summed E-state index contributed by atoms with van der Waals surface area (Å²) in [6.07, 6.45) is 0. The summed E-state index contributed by atoms with van der Waals surface area (Å²) in [6.45, 7) is 0.305. The first-order chi connectivity index (χ1) is 24.3. The van der Waals surface area contributed by atoms with E-state index >= 15 is 0 Å². The maximum atomic E-state index is 2.59. The molecule has 4 heteroatoms. The summed E-state index contributed by atoms with van der Waals surface area (Å²) < 4.78 is 8.88. The van der Waals surface area contributed by atoms with Crippen LogP contribution in [0.1, 0.15) is 22.3 Å². The number of hydrogen-bond acceptors (Lipinski definition) is 0. The zero-order chi connectivity index (χ0) is 31.6. The summed E-state index contributed by atoms with van der Waals surface area (Å²) in [5.41, 5.74) is 14.1. The molecule has 0 saturated heterocycles. The van der Waals surface area contributed by atoms with Crippen LogP contribution in [0.4, 0.5) is 0 Å². The van der Waals surface area contributed by atoms with E-state index in [1.807, 2.05) is 0 Å². The Morgan fingerprint density at radius 1 is 0.429 bits per heavy atom. The van der Waals surface area contributed by atoms with Gasteiger partial charge in [0, 0.05) is 0 Å². The molecule has 1 spiro atoms. The van der Waals surface area contributed by atoms with Crippen LogP contribution in [0, 0.1) is 0 Å². The van der Waals surface area contributed by atoms with Gasteiger partial charge in [0.1, 0.15) is 0 Å². The van der Waals surface area contributed by atoms with Gasteiger partial charge in [-0.15, -0.1) is 0 Å². The van der Waals surface area contributed by atoms with Gasteiger partial charge in [-0.1, -0.05) is 0 Å². The van der Waals surface area contributed by atoms with Crippen LogP contribution in [0.15, 0.2) is 146 Å². The molecule has 0 amide bonds. The molecule has 1 aliphatic carbocycles. The van der Waals surface area contributed by atoms with E-state index < -0.39 is 5.41 Å². The Morgan fingerprint density at radius 3 is 1.59 bits per heavy atom. The number of nitrogens with zero attached hydrogens (tertiary/aromatic N) is 1. The number of fused-ring (bicyclic) bond motifs is 7. The fourth-order valence-electron chi connectivity index (χ4n) is 10.3. The number of benzene rings is 8. The van der Waals surface area contributed by atoms with E-state index in [1.54, 1.807) is 34.2 Å². The van der Waals surface area contributed by atoms with E-state index in [1.165, 1.54) is 71.3 Å². The molecular formula is C45H24BNSe2. The summed E-state index contributed by atoms with van der Waals surface area (Å²) in [6, 6.07) is 56.5. The minimum atomic E-state index is -0.437. The van der Waals surface area contributed by atoms with Gasteiger partial charge in [-0.25, -0.2) is 0 Å². The fraction of sp³-hybridized carbons (Fsp3) is 0.0222. The Balaban J connectivity index is 1.28. The Labute approximate surface area is 296 Å². The molecular weight excluding hydrogens is 723 g/mol. The Bertz CT molecular complexity index is 2900. The zero-order valence-electron chi connectivity index (χ0n) is 26.2. The van der Waals surface area contributed by atoms with Crippen molar-refractivity contribution in [2.75, 3.05) is 0 Å². The Kier molecular flexibility index (Phi) is 4.71. The molecule has 3 aliphatic heterocycles. The SMILES string of the molecule is c1cc2c3c(c1)[Se]c1cccc4c1B3c1c(cccc1C41c3cccc4ccc5ccc(-n6c7ccccc7c7ccccc76)c1c5c34)[Se]2. The first-order valence-corrected chi connectivity index (χ1v) is 20.5. The van der Waals surface area contributed by atoms with Crippen LogP contribution >= 0.6 is 0 Å². The second kappa shape index (κ2) is 8.85. The third-order valence-electron chi connectivity index (χ3n) is 11.9. The third kappa shape index (κ3) is 2.89. The molecule has 0 radical (unpaired) electrons. The van der Waals surface area contributed by atoms with Gasteiger partial charge >= 0.3 is 298 Å². The summed E-state index contributed by atoms with van der Waals surface area (Å²) in [4.78, 5) is 0. The first kappa shape index (κ1) is 26.1. The first-order valence-electron chi connectivity index (χ1n) is 17.1. The van der Waals surface area contributed by atoms with Crippen molar-refractivity contribution in [1.29, 1.82) is 0 Å². The van der Waals surface area contributed by atoms with Crippen LogP contribution < -0.4 is 34.2 Å². The monoisotopic (exact) mass is 749 g/mol. The van der Waals surface area contributed by atoms with Crippen LogP contribution in [0.2, 0.25) is 0 Å². The molecule has 4 heterocycles. The van der Waals surface area contributed by atoms with Crippen molar-refractivity contribution >= 4 is 114 Å². The molecule has 0 atom stereocenters. The summed E-state index contributed by atoms with van der Waals surface area (Å²) in [5.74, 6) is 0. The van der Waals surface area contributed by atoms with Gasteiger partial charge in [-0.3, -0.25) is 0 Å². The van der Waals surface area contributed by atoms with Crippen molar-refractivity contribution in [3.05, 3.63) is 168 Å². The summed E-state index contributed by atoms with van der Waals surface area (Å²) >= 11 is 0.542. The molecule has 4 aliphatic rings. The molecule has 0 N–H and O–H groups in total. The van der Waals surface area contributed by atoms with Gasteiger partial charge in [0.05, 0.1) is 0 Å². The number of aromatic nitrogens is 1. The predicted molar refractivity (Wildman–Crippen MR) is 209 cm³/mol. The number of hydrogen-bond donors (Lipinski definition) is 0. The minimum absolute atomic E-state index is 0.271. The van der Waals surface area contributed by atoms with Crippen LogP contribution in [0.3, 0.4) is 0 Å². The summed E-state index contributed by atoms with van der Waals surface area (Å²) in [7, 11) is 0. The normalized spacial score (nSPS) is 15.3. The number of para-hydroxylation sites is 2. The molecule has 13 rings (SSSR count). The van der Waals surface area contributed by atoms with Crippen molar-refractivity contribution in [2.45, 2.75) is 5.41 Å². The van der Waals surface area contributed by atoms with E-state index in [-0.39, 0.29) is 29.9 Å². The van der Waals surface area contributed by atoms with Gasteiger partial charge in [0.2, 0.25) is 0 Å². The Morgan fingerprint density at radius 2 is 0.939 bits per heavy atom. The standard InChI is InChI=1S/C45H24BNSe2/c1-3-15-32-27(10-1)28-11-2-4-16-33(28)47(32)34-24-23-26-22-21-25-9-5-12-29-39(25)40(26)41(34)45(29)30-13-6-17-35-42(30)46-43-31(45)14-7-18-36(43)49-38-20-8-19-37(48-35)44(38)46/h1-24H. The molecule has 8 aromatic carbocycles. The van der Waals surface area contributed by atoms with Crippen molar-refractivity contribution in [2.24, 2.45) is 0 Å². The summed E-state index contributed by atoms with van der Waals surface area (Å²) in [5, 5.41) is 8.12. The molecule has 0 bridgehead atoms. The van der Waals surface area contributed by atoms with Crippen LogP contribution in [-0.4, -0.2) is 41.2 Å². The molecule has 0 saturated carbocycles. The van der Waals surface area contributed by atoms with E-state index in [0.29, 0.717) is 6.71 Å². The van der Waals surface area contributed by atoms with Gasteiger partial charge in [0.15, 0.2) is 0 Å². The average Bonchev–Trinajstić information content (AvgIpc) is 3.65. The maximum absolute atomic E-state index is 2.59. The van der Waals surface area contributed by atoms with Crippen molar-refractivity contribution < 1.29 is 0 Å². The molecule has 49 heavy (non-hydrogen) atoms. The van der Waals surface area contributed by atoms with E-state index in [9.17, 15) is 0 Å². The van der Waals surface area contributed by atoms with Crippen LogP contribution in [0.5, 0.6) is 0 Å². The third-order valence-corrected chi connectivity index (χ3v) is 16.7. The van der Waals surface area contributed by atoms with Crippen LogP contribution in [-0.2, 0) is 5.41 Å². The second-order valence-electron chi connectivity index (χ2n) is 13.9. The fourth-order valence-corrected chi connectivity index (χ4v) is 15.6. The number of rotatable bonds is 1. The van der Waals surface area contributed by atoms with Gasteiger partial charge in [0.25, 0.3) is 0 Å². The van der Waals surface area contributed by atoms with Crippen molar-refractivity contribution in [1.82, 2.24) is 4.57 Å². The van der Waals surface area contributed by atoms with Gasteiger partial charge in [-0.2, -0.15) is 0 Å². The zero-order valence-corrected chi connectivity index (χ0v) is 29.6. The molecule has 224 valence electrons. The molecule has 1 aromatic heterocycles. The molecule has 0 unspecified atom stereocenters. The quantitative estimate of drug-likeness (QED) is 0.172.